The number of hydrogen-bond acceptors (Lipinski definition) is 4. The van der Waals surface area contributed by atoms with Crippen molar-refractivity contribution < 1.29 is 9.53 Å². The zero-order chi connectivity index (χ0) is 13.0. The molecule has 0 N–H and O–H groups in total. The molecular formula is C14H24N2O2. The topological polar surface area (TPSA) is 32.8 Å². The first-order valence-corrected chi connectivity index (χ1v) is 7.22. The Morgan fingerprint density at radius 2 is 1.89 bits per heavy atom. The van der Waals surface area contributed by atoms with E-state index in [1.165, 1.54) is 38.5 Å². The van der Waals surface area contributed by atoms with Gasteiger partial charge in [0.2, 0.25) is 0 Å². The number of carbonyl (C=O) groups is 1. The van der Waals surface area contributed by atoms with E-state index >= 15 is 0 Å². The first-order chi connectivity index (χ1) is 8.59. The lowest BCUT2D eigenvalue weighted by Gasteiger charge is -2.66. The minimum absolute atomic E-state index is 0.00868. The van der Waals surface area contributed by atoms with E-state index in [2.05, 4.69) is 24.1 Å². The zero-order valence-corrected chi connectivity index (χ0v) is 11.7. The summed E-state index contributed by atoms with van der Waals surface area (Å²) >= 11 is 0. The van der Waals surface area contributed by atoms with Crippen molar-refractivity contribution in [3.63, 3.8) is 0 Å². The summed E-state index contributed by atoms with van der Waals surface area (Å²) in [6.07, 6.45) is 7.45. The molecule has 0 bridgehead atoms. The Morgan fingerprint density at radius 1 is 1.28 bits per heavy atom. The number of esters is 1. The molecule has 1 heterocycles. The summed E-state index contributed by atoms with van der Waals surface area (Å²) in [6.45, 7) is 2.38. The molecule has 0 aromatic rings. The Balaban J connectivity index is 1.95. The number of ether oxygens (including phenoxy) is 1. The molecule has 2 saturated carbocycles. The Morgan fingerprint density at radius 3 is 2.39 bits per heavy atom. The summed E-state index contributed by atoms with van der Waals surface area (Å²) in [5, 5.41) is 4.45. The molecule has 102 valence electrons. The molecule has 18 heavy (non-hydrogen) atoms. The van der Waals surface area contributed by atoms with Crippen LogP contribution < -0.4 is 0 Å². The molecule has 1 unspecified atom stereocenters. The van der Waals surface area contributed by atoms with E-state index in [0.29, 0.717) is 6.61 Å². The van der Waals surface area contributed by atoms with Gasteiger partial charge in [-0.25, -0.2) is 10.0 Å². The van der Waals surface area contributed by atoms with Crippen LogP contribution in [0.4, 0.5) is 0 Å². The maximum absolute atomic E-state index is 12.3. The van der Waals surface area contributed by atoms with Crippen LogP contribution in [-0.4, -0.2) is 48.3 Å². The highest BCUT2D eigenvalue weighted by Gasteiger charge is 2.77. The lowest BCUT2D eigenvalue weighted by molar-refractivity contribution is -0.268. The van der Waals surface area contributed by atoms with Crippen LogP contribution in [-0.2, 0) is 9.53 Å². The predicted molar refractivity (Wildman–Crippen MR) is 68.8 cm³/mol. The normalized spacial score (nSPS) is 42.6. The van der Waals surface area contributed by atoms with Crippen LogP contribution in [0.5, 0.6) is 0 Å². The van der Waals surface area contributed by atoms with Crippen LogP contribution in [0, 0.1) is 5.41 Å². The molecule has 2 aliphatic carbocycles. The van der Waals surface area contributed by atoms with Gasteiger partial charge >= 0.3 is 5.97 Å². The third-order valence-electron chi connectivity index (χ3n) is 5.50. The van der Waals surface area contributed by atoms with E-state index in [9.17, 15) is 4.79 Å². The van der Waals surface area contributed by atoms with Crippen molar-refractivity contribution in [1.29, 1.82) is 0 Å². The number of carbonyl (C=O) groups excluding carboxylic acids is 1. The van der Waals surface area contributed by atoms with E-state index in [4.69, 9.17) is 4.74 Å². The van der Waals surface area contributed by atoms with Crippen molar-refractivity contribution in [1.82, 2.24) is 10.0 Å². The van der Waals surface area contributed by atoms with Gasteiger partial charge in [0.25, 0.3) is 0 Å². The van der Waals surface area contributed by atoms with Gasteiger partial charge in [-0.3, -0.25) is 4.79 Å². The minimum Gasteiger partial charge on any atom is -0.465 e. The van der Waals surface area contributed by atoms with Crippen molar-refractivity contribution >= 4 is 5.97 Å². The Hall–Kier alpha value is -0.610. The van der Waals surface area contributed by atoms with Gasteiger partial charge in [0, 0.05) is 25.0 Å². The van der Waals surface area contributed by atoms with Crippen LogP contribution in [0.15, 0.2) is 0 Å². The maximum atomic E-state index is 12.3. The molecule has 1 saturated heterocycles. The lowest BCUT2D eigenvalue weighted by Crippen LogP contribution is -2.80. The van der Waals surface area contributed by atoms with Gasteiger partial charge in [-0.2, -0.15) is 0 Å². The highest BCUT2D eigenvalue weighted by Crippen LogP contribution is 2.70. The molecule has 0 radical (unpaired) electrons. The number of nitrogens with zero attached hydrogens (tertiary/aromatic N) is 2. The maximum Gasteiger partial charge on any atom is 0.325 e. The Labute approximate surface area is 109 Å². The second kappa shape index (κ2) is 3.94. The molecule has 1 atom stereocenters. The molecule has 3 aliphatic rings. The molecule has 0 spiro atoms. The standard InChI is InChI=1S/C14H24N2O2/c1-4-18-12(17)11-13-7-5-9-14(13,10-6-8-13)16(11)15(2)3/h11H,4-10H2,1-3H3. The summed E-state index contributed by atoms with van der Waals surface area (Å²) in [7, 11) is 4.11. The third-order valence-corrected chi connectivity index (χ3v) is 5.50. The monoisotopic (exact) mass is 252 g/mol. The molecule has 3 rings (SSSR count). The zero-order valence-electron chi connectivity index (χ0n) is 11.7. The summed E-state index contributed by atoms with van der Waals surface area (Å²) in [6, 6.07) is -0.0301. The van der Waals surface area contributed by atoms with Gasteiger partial charge in [0.1, 0.15) is 6.04 Å². The molecule has 3 fully saturated rings. The van der Waals surface area contributed by atoms with E-state index < -0.39 is 0 Å². The van der Waals surface area contributed by atoms with Gasteiger partial charge in [0.05, 0.1) is 6.61 Å². The first kappa shape index (κ1) is 12.4. The quantitative estimate of drug-likeness (QED) is 0.717. The smallest absolute Gasteiger partial charge is 0.325 e. The van der Waals surface area contributed by atoms with E-state index in [-0.39, 0.29) is 23.0 Å². The highest BCUT2D eigenvalue weighted by atomic mass is 16.5. The summed E-state index contributed by atoms with van der Waals surface area (Å²) in [5.41, 5.74) is 0.497. The van der Waals surface area contributed by atoms with Crippen molar-refractivity contribution in [2.24, 2.45) is 5.41 Å². The Bertz CT molecular complexity index is 357. The summed E-state index contributed by atoms with van der Waals surface area (Å²) in [5.74, 6) is -0.00868. The molecule has 0 aromatic carbocycles. The van der Waals surface area contributed by atoms with Crippen molar-refractivity contribution in [2.75, 3.05) is 20.7 Å². The highest BCUT2D eigenvalue weighted by molar-refractivity contribution is 5.79. The van der Waals surface area contributed by atoms with Crippen LogP contribution in [0.25, 0.3) is 0 Å². The van der Waals surface area contributed by atoms with Crippen molar-refractivity contribution in [3.8, 4) is 0 Å². The first-order valence-electron chi connectivity index (χ1n) is 7.22. The van der Waals surface area contributed by atoms with Crippen LogP contribution >= 0.6 is 0 Å². The molecule has 0 aromatic heterocycles. The van der Waals surface area contributed by atoms with Crippen LogP contribution in [0.3, 0.4) is 0 Å². The summed E-state index contributed by atoms with van der Waals surface area (Å²) < 4.78 is 5.33. The van der Waals surface area contributed by atoms with Gasteiger partial charge in [-0.15, -0.1) is 0 Å². The largest absolute Gasteiger partial charge is 0.465 e. The molecule has 1 aliphatic heterocycles. The molecule has 4 heteroatoms. The van der Waals surface area contributed by atoms with E-state index in [0.717, 1.165) is 0 Å². The van der Waals surface area contributed by atoms with Crippen LogP contribution in [0.2, 0.25) is 0 Å². The third kappa shape index (κ3) is 1.21. The Kier molecular flexibility index (Phi) is 2.72. The van der Waals surface area contributed by atoms with Crippen molar-refractivity contribution in [3.05, 3.63) is 0 Å². The minimum atomic E-state index is -0.0301. The van der Waals surface area contributed by atoms with Crippen LogP contribution in [0.1, 0.15) is 45.4 Å². The summed E-state index contributed by atoms with van der Waals surface area (Å²) in [4.78, 5) is 12.3. The van der Waals surface area contributed by atoms with Gasteiger partial charge in [0.15, 0.2) is 0 Å². The van der Waals surface area contributed by atoms with Gasteiger partial charge in [-0.1, -0.05) is 12.8 Å². The predicted octanol–water partition coefficient (Wildman–Crippen LogP) is 1.80. The average Bonchev–Trinajstić information content (AvgIpc) is 2.67. The second-order valence-electron chi connectivity index (χ2n) is 6.24. The molecule has 0 amide bonds. The van der Waals surface area contributed by atoms with Gasteiger partial charge in [-0.05, 0) is 32.6 Å². The molecular weight excluding hydrogens is 228 g/mol. The van der Waals surface area contributed by atoms with Crippen molar-refractivity contribution in [2.45, 2.75) is 57.0 Å². The fourth-order valence-electron chi connectivity index (χ4n) is 5.17. The fraction of sp³-hybridized carbons (Fsp3) is 0.929. The van der Waals surface area contributed by atoms with Gasteiger partial charge < -0.3 is 4.74 Å². The van der Waals surface area contributed by atoms with E-state index in [1.807, 2.05) is 6.92 Å². The van der Waals surface area contributed by atoms with E-state index in [1.54, 1.807) is 0 Å². The second-order valence-corrected chi connectivity index (χ2v) is 6.24. The SMILES string of the molecule is CCOC(=O)C1N(N(C)C)C23CCCC12CCC3. The fourth-order valence-corrected chi connectivity index (χ4v) is 5.17. The number of rotatable bonds is 3. The molecule has 4 nitrogen and oxygen atoms in total. The average molecular weight is 252 g/mol. The lowest BCUT2D eigenvalue weighted by atomic mass is 9.60. The number of hydrogen-bond donors (Lipinski definition) is 0. The number of hydrazine groups is 1.